The number of anilines is 1. The van der Waals surface area contributed by atoms with Crippen molar-refractivity contribution in [2.45, 2.75) is 19.8 Å². The smallest absolute Gasteiger partial charge is 0.248 e. The molecule has 0 bridgehead atoms. The van der Waals surface area contributed by atoms with Crippen LogP contribution in [0.15, 0.2) is 72.8 Å². The Bertz CT molecular complexity index is 909. The summed E-state index contributed by atoms with van der Waals surface area (Å²) < 4.78 is 5.80. The van der Waals surface area contributed by atoms with Crippen molar-refractivity contribution in [2.24, 2.45) is 0 Å². The van der Waals surface area contributed by atoms with Crippen LogP contribution in [-0.2, 0) is 4.79 Å². The third kappa shape index (κ3) is 4.51. The molecule has 3 nitrogen and oxygen atoms in total. The Morgan fingerprint density at radius 1 is 1.00 bits per heavy atom. The number of fused-ring (bicyclic) bond motifs is 1. The fourth-order valence-corrected chi connectivity index (χ4v) is 2.75. The molecule has 0 aliphatic rings. The van der Waals surface area contributed by atoms with Crippen molar-refractivity contribution in [1.82, 2.24) is 0 Å². The summed E-state index contributed by atoms with van der Waals surface area (Å²) in [6, 6.07) is 21.6. The van der Waals surface area contributed by atoms with E-state index in [-0.39, 0.29) is 5.91 Å². The van der Waals surface area contributed by atoms with Crippen molar-refractivity contribution in [1.29, 1.82) is 0 Å². The molecule has 3 rings (SSSR count). The molecule has 1 amide bonds. The molecule has 0 aliphatic carbocycles. The molecule has 0 saturated heterocycles. The SMILES string of the molecule is CCCCOc1ccccc1C=CC(=O)Nc1cccc2ccccc12. The Morgan fingerprint density at radius 3 is 2.65 bits per heavy atom. The topological polar surface area (TPSA) is 38.3 Å². The highest BCUT2D eigenvalue weighted by Gasteiger charge is 2.04. The van der Waals surface area contributed by atoms with Gasteiger partial charge in [-0.3, -0.25) is 4.79 Å². The van der Waals surface area contributed by atoms with E-state index in [4.69, 9.17) is 4.74 Å². The molecule has 0 spiro atoms. The van der Waals surface area contributed by atoms with Crippen LogP contribution in [0, 0.1) is 0 Å². The van der Waals surface area contributed by atoms with Gasteiger partial charge in [-0.25, -0.2) is 0 Å². The minimum Gasteiger partial charge on any atom is -0.493 e. The predicted octanol–water partition coefficient (Wildman–Crippen LogP) is 5.67. The minimum atomic E-state index is -0.162. The van der Waals surface area contributed by atoms with E-state index in [0.29, 0.717) is 6.61 Å². The number of nitrogens with one attached hydrogen (secondary N) is 1. The van der Waals surface area contributed by atoms with Crippen LogP contribution in [0.3, 0.4) is 0 Å². The highest BCUT2D eigenvalue weighted by atomic mass is 16.5. The third-order valence-corrected chi connectivity index (χ3v) is 4.14. The molecule has 3 heteroatoms. The number of unbranched alkanes of at least 4 members (excludes halogenated alkanes) is 1. The highest BCUT2D eigenvalue weighted by Crippen LogP contribution is 2.23. The molecule has 0 atom stereocenters. The van der Waals surface area contributed by atoms with Crippen molar-refractivity contribution in [3.63, 3.8) is 0 Å². The second-order valence-corrected chi connectivity index (χ2v) is 6.09. The summed E-state index contributed by atoms with van der Waals surface area (Å²) in [4.78, 5) is 12.4. The molecule has 0 fully saturated rings. The first kappa shape index (κ1) is 17.7. The molecule has 0 saturated carbocycles. The fourth-order valence-electron chi connectivity index (χ4n) is 2.75. The zero-order valence-electron chi connectivity index (χ0n) is 14.9. The van der Waals surface area contributed by atoms with Gasteiger partial charge in [0.05, 0.1) is 6.61 Å². The Kier molecular flexibility index (Phi) is 6.05. The van der Waals surface area contributed by atoms with Gasteiger partial charge in [0.15, 0.2) is 0 Å². The van der Waals surface area contributed by atoms with Crippen LogP contribution in [0.2, 0.25) is 0 Å². The molecule has 132 valence electrons. The molecule has 26 heavy (non-hydrogen) atoms. The molecular formula is C23H23NO2. The number of amides is 1. The third-order valence-electron chi connectivity index (χ3n) is 4.14. The maximum Gasteiger partial charge on any atom is 0.248 e. The Hall–Kier alpha value is -3.07. The van der Waals surface area contributed by atoms with Gasteiger partial charge in [-0.2, -0.15) is 0 Å². The average Bonchev–Trinajstić information content (AvgIpc) is 2.68. The van der Waals surface area contributed by atoms with Gasteiger partial charge in [-0.15, -0.1) is 0 Å². The first-order valence-electron chi connectivity index (χ1n) is 8.96. The van der Waals surface area contributed by atoms with Gasteiger partial charge < -0.3 is 10.1 Å². The van der Waals surface area contributed by atoms with Crippen molar-refractivity contribution >= 4 is 28.4 Å². The summed E-state index contributed by atoms with van der Waals surface area (Å²) >= 11 is 0. The van der Waals surface area contributed by atoms with Gasteiger partial charge in [-0.1, -0.05) is 67.9 Å². The van der Waals surface area contributed by atoms with E-state index >= 15 is 0 Å². The second kappa shape index (κ2) is 8.86. The lowest BCUT2D eigenvalue weighted by Crippen LogP contribution is -2.08. The van der Waals surface area contributed by atoms with Crippen molar-refractivity contribution in [2.75, 3.05) is 11.9 Å². The summed E-state index contributed by atoms with van der Waals surface area (Å²) in [5.74, 6) is 0.639. The number of carbonyl (C=O) groups is 1. The number of hydrogen-bond donors (Lipinski definition) is 1. The summed E-state index contributed by atoms with van der Waals surface area (Å²) in [7, 11) is 0. The van der Waals surface area contributed by atoms with Gasteiger partial charge in [0.1, 0.15) is 5.75 Å². The van der Waals surface area contributed by atoms with Crippen molar-refractivity contribution < 1.29 is 9.53 Å². The Labute approximate surface area is 154 Å². The molecule has 0 aliphatic heterocycles. The summed E-state index contributed by atoms with van der Waals surface area (Å²) in [6.07, 6.45) is 5.44. The van der Waals surface area contributed by atoms with Gasteiger partial charge in [-0.05, 0) is 30.0 Å². The zero-order chi connectivity index (χ0) is 18.2. The monoisotopic (exact) mass is 345 g/mol. The quantitative estimate of drug-likeness (QED) is 0.442. The number of benzene rings is 3. The van der Waals surface area contributed by atoms with Gasteiger partial charge in [0, 0.05) is 22.7 Å². The van der Waals surface area contributed by atoms with E-state index < -0.39 is 0 Å². The molecule has 3 aromatic carbocycles. The molecular weight excluding hydrogens is 322 g/mol. The number of hydrogen-bond acceptors (Lipinski definition) is 2. The van der Waals surface area contributed by atoms with E-state index in [9.17, 15) is 4.79 Å². The van der Waals surface area contributed by atoms with E-state index in [2.05, 4.69) is 12.2 Å². The van der Waals surface area contributed by atoms with Crippen LogP contribution in [0.1, 0.15) is 25.3 Å². The van der Waals surface area contributed by atoms with Gasteiger partial charge >= 0.3 is 0 Å². The van der Waals surface area contributed by atoms with E-state index in [0.717, 1.165) is 40.6 Å². The molecule has 0 radical (unpaired) electrons. The second-order valence-electron chi connectivity index (χ2n) is 6.09. The molecule has 0 aromatic heterocycles. The fraction of sp³-hybridized carbons (Fsp3) is 0.174. The maximum absolute atomic E-state index is 12.4. The number of rotatable bonds is 7. The van der Waals surface area contributed by atoms with Crippen molar-refractivity contribution in [3.8, 4) is 5.75 Å². The maximum atomic E-state index is 12.4. The van der Waals surface area contributed by atoms with Crippen LogP contribution in [0.5, 0.6) is 5.75 Å². The first-order chi connectivity index (χ1) is 12.8. The first-order valence-corrected chi connectivity index (χ1v) is 8.96. The molecule has 3 aromatic rings. The van der Waals surface area contributed by atoms with E-state index in [1.807, 2.05) is 66.7 Å². The number of para-hydroxylation sites is 1. The normalized spacial score (nSPS) is 11.0. The largest absolute Gasteiger partial charge is 0.493 e. The minimum absolute atomic E-state index is 0.162. The van der Waals surface area contributed by atoms with Gasteiger partial charge in [0.2, 0.25) is 5.91 Å². The molecule has 0 heterocycles. The van der Waals surface area contributed by atoms with Gasteiger partial charge in [0.25, 0.3) is 0 Å². The molecule has 1 N–H and O–H groups in total. The Morgan fingerprint density at radius 2 is 1.77 bits per heavy atom. The van der Waals surface area contributed by atoms with Crippen molar-refractivity contribution in [3.05, 3.63) is 78.4 Å². The molecule has 0 unspecified atom stereocenters. The lowest BCUT2D eigenvalue weighted by atomic mass is 10.1. The standard InChI is InChI=1S/C23H23NO2/c1-2-3-17-26-22-14-7-5-10-19(22)15-16-23(25)24-21-13-8-11-18-9-4-6-12-20(18)21/h4-16H,2-3,17H2,1H3,(H,24,25). The summed E-state index contributed by atoms with van der Waals surface area (Å²) in [6.45, 7) is 2.82. The number of carbonyl (C=O) groups excluding carboxylic acids is 1. The van der Waals surface area contributed by atoms with Crippen LogP contribution in [-0.4, -0.2) is 12.5 Å². The van der Waals surface area contributed by atoms with E-state index in [1.165, 1.54) is 0 Å². The zero-order valence-corrected chi connectivity index (χ0v) is 14.9. The number of ether oxygens (including phenoxy) is 1. The highest BCUT2D eigenvalue weighted by molar-refractivity contribution is 6.07. The summed E-state index contributed by atoms with van der Waals surface area (Å²) in [5, 5.41) is 5.09. The lowest BCUT2D eigenvalue weighted by Gasteiger charge is -2.09. The lowest BCUT2D eigenvalue weighted by molar-refractivity contribution is -0.111. The Balaban J connectivity index is 1.72. The van der Waals surface area contributed by atoms with Crippen LogP contribution < -0.4 is 10.1 Å². The average molecular weight is 345 g/mol. The van der Waals surface area contributed by atoms with Crippen LogP contribution in [0.4, 0.5) is 5.69 Å². The van der Waals surface area contributed by atoms with E-state index in [1.54, 1.807) is 12.2 Å². The van der Waals surface area contributed by atoms with Crippen LogP contribution >= 0.6 is 0 Å². The summed E-state index contributed by atoms with van der Waals surface area (Å²) in [5.41, 5.74) is 1.71. The van der Waals surface area contributed by atoms with Crippen LogP contribution in [0.25, 0.3) is 16.8 Å². The predicted molar refractivity (Wildman–Crippen MR) is 108 cm³/mol.